The van der Waals surface area contributed by atoms with E-state index >= 15 is 0 Å². The second-order valence-electron chi connectivity index (χ2n) is 4.38. The second kappa shape index (κ2) is 7.38. The SMILES string of the molecule is O=S(=O)(CCCS(=O)(=O)Oc1ccccn1)Oc1ccccn1. The Kier molecular flexibility index (Phi) is 5.50. The highest BCUT2D eigenvalue weighted by atomic mass is 32.2. The highest BCUT2D eigenvalue weighted by molar-refractivity contribution is 7.88. The third-order valence-electron chi connectivity index (χ3n) is 2.49. The van der Waals surface area contributed by atoms with E-state index < -0.39 is 31.7 Å². The first-order valence-electron chi connectivity index (χ1n) is 6.53. The predicted octanol–water partition coefficient (Wildman–Crippen LogP) is 0.984. The number of aromatic nitrogens is 2. The van der Waals surface area contributed by atoms with Crippen LogP contribution < -0.4 is 8.37 Å². The number of pyridine rings is 2. The van der Waals surface area contributed by atoms with E-state index in [1.807, 2.05) is 0 Å². The third-order valence-corrected chi connectivity index (χ3v) is 4.92. The van der Waals surface area contributed by atoms with Crippen LogP contribution in [0.3, 0.4) is 0 Å². The van der Waals surface area contributed by atoms with Crippen molar-refractivity contribution in [3.8, 4) is 11.8 Å². The molecule has 124 valence electrons. The first-order valence-corrected chi connectivity index (χ1v) is 9.68. The molecule has 0 aliphatic rings. The molecular formula is C13H14N2O6S2. The minimum atomic E-state index is -3.93. The second-order valence-corrected chi connectivity index (χ2v) is 7.76. The molecule has 23 heavy (non-hydrogen) atoms. The van der Waals surface area contributed by atoms with Gasteiger partial charge in [0.15, 0.2) is 0 Å². The van der Waals surface area contributed by atoms with Crippen LogP contribution in [-0.2, 0) is 20.2 Å². The fourth-order valence-corrected chi connectivity index (χ4v) is 3.61. The Morgan fingerprint density at radius 3 is 1.52 bits per heavy atom. The van der Waals surface area contributed by atoms with Gasteiger partial charge in [-0.1, -0.05) is 12.1 Å². The third kappa shape index (κ3) is 6.20. The van der Waals surface area contributed by atoms with Crippen molar-refractivity contribution in [1.29, 1.82) is 0 Å². The summed E-state index contributed by atoms with van der Waals surface area (Å²) in [5, 5.41) is 0. The number of hydrogen-bond acceptors (Lipinski definition) is 8. The van der Waals surface area contributed by atoms with Gasteiger partial charge in [-0.2, -0.15) is 16.8 Å². The molecule has 2 heterocycles. The summed E-state index contributed by atoms with van der Waals surface area (Å²) in [6, 6.07) is 9.14. The Balaban J connectivity index is 1.86. The molecule has 0 N–H and O–H groups in total. The van der Waals surface area contributed by atoms with Crippen molar-refractivity contribution >= 4 is 20.2 Å². The Morgan fingerprint density at radius 1 is 0.739 bits per heavy atom. The van der Waals surface area contributed by atoms with Gasteiger partial charge in [0.1, 0.15) is 0 Å². The van der Waals surface area contributed by atoms with Crippen LogP contribution in [0, 0.1) is 0 Å². The summed E-state index contributed by atoms with van der Waals surface area (Å²) >= 11 is 0. The molecule has 0 aromatic carbocycles. The summed E-state index contributed by atoms with van der Waals surface area (Å²) in [6.07, 6.45) is 2.59. The summed E-state index contributed by atoms with van der Waals surface area (Å²) in [5.41, 5.74) is 0. The van der Waals surface area contributed by atoms with Crippen molar-refractivity contribution in [1.82, 2.24) is 9.97 Å². The van der Waals surface area contributed by atoms with Crippen LogP contribution >= 0.6 is 0 Å². The van der Waals surface area contributed by atoms with E-state index in [1.54, 1.807) is 24.3 Å². The van der Waals surface area contributed by atoms with Crippen LogP contribution in [0.2, 0.25) is 0 Å². The van der Waals surface area contributed by atoms with Gasteiger partial charge in [0.2, 0.25) is 11.8 Å². The summed E-state index contributed by atoms with van der Waals surface area (Å²) in [5.74, 6) is -1.09. The van der Waals surface area contributed by atoms with Crippen molar-refractivity contribution in [2.75, 3.05) is 11.5 Å². The van der Waals surface area contributed by atoms with E-state index in [-0.39, 0.29) is 18.2 Å². The Bertz CT molecular complexity index is 752. The van der Waals surface area contributed by atoms with Crippen LogP contribution in [-0.4, -0.2) is 38.3 Å². The smallest absolute Gasteiger partial charge is 0.310 e. The van der Waals surface area contributed by atoms with Crippen LogP contribution in [0.1, 0.15) is 6.42 Å². The van der Waals surface area contributed by atoms with Crippen molar-refractivity contribution in [2.45, 2.75) is 6.42 Å². The maximum atomic E-state index is 11.7. The largest absolute Gasteiger partial charge is 0.362 e. The molecule has 0 atom stereocenters. The molecule has 2 rings (SSSR count). The normalized spacial score (nSPS) is 11.8. The van der Waals surface area contributed by atoms with Gasteiger partial charge in [-0.3, -0.25) is 0 Å². The first kappa shape index (κ1) is 17.2. The molecule has 2 aromatic rings. The lowest BCUT2D eigenvalue weighted by molar-refractivity contribution is 0.470. The summed E-state index contributed by atoms with van der Waals surface area (Å²) < 4.78 is 56.4. The molecule has 10 heteroatoms. The molecule has 0 amide bonds. The monoisotopic (exact) mass is 358 g/mol. The van der Waals surface area contributed by atoms with Crippen molar-refractivity contribution in [2.24, 2.45) is 0 Å². The van der Waals surface area contributed by atoms with Gasteiger partial charge in [0.25, 0.3) is 0 Å². The Labute approximate surface area is 134 Å². The zero-order chi connectivity index (χ0) is 16.8. The molecule has 0 unspecified atom stereocenters. The van der Waals surface area contributed by atoms with E-state index in [1.165, 1.54) is 24.5 Å². The number of rotatable bonds is 8. The van der Waals surface area contributed by atoms with Crippen LogP contribution in [0.4, 0.5) is 0 Å². The highest BCUT2D eigenvalue weighted by Gasteiger charge is 2.18. The minimum Gasteiger partial charge on any atom is -0.362 e. The summed E-state index contributed by atoms with van der Waals surface area (Å²) in [6.45, 7) is 0. The van der Waals surface area contributed by atoms with Crippen molar-refractivity contribution in [3.05, 3.63) is 48.8 Å². The maximum Gasteiger partial charge on any atom is 0.310 e. The van der Waals surface area contributed by atoms with Crippen LogP contribution in [0.25, 0.3) is 0 Å². The van der Waals surface area contributed by atoms with E-state index in [9.17, 15) is 16.8 Å². The Hall–Kier alpha value is -2.20. The molecule has 0 saturated heterocycles. The van der Waals surface area contributed by atoms with E-state index in [0.29, 0.717) is 0 Å². The molecule has 0 saturated carbocycles. The lowest BCUT2D eigenvalue weighted by Crippen LogP contribution is -2.20. The van der Waals surface area contributed by atoms with Gasteiger partial charge < -0.3 is 8.37 Å². The Morgan fingerprint density at radius 2 is 1.17 bits per heavy atom. The summed E-state index contributed by atoms with van der Waals surface area (Å²) in [7, 11) is -7.86. The van der Waals surface area contributed by atoms with Crippen LogP contribution in [0.5, 0.6) is 11.8 Å². The van der Waals surface area contributed by atoms with Crippen molar-refractivity contribution < 1.29 is 25.2 Å². The van der Waals surface area contributed by atoms with Gasteiger partial charge in [-0.05, 0) is 18.6 Å². The van der Waals surface area contributed by atoms with Gasteiger partial charge in [0, 0.05) is 24.5 Å². The average Bonchev–Trinajstić information content (AvgIpc) is 2.47. The lowest BCUT2D eigenvalue weighted by Gasteiger charge is -2.07. The van der Waals surface area contributed by atoms with Gasteiger partial charge in [-0.15, -0.1) is 0 Å². The molecule has 0 aliphatic carbocycles. The number of hydrogen-bond donors (Lipinski definition) is 0. The first-order chi connectivity index (χ1) is 10.9. The lowest BCUT2D eigenvalue weighted by atomic mass is 10.5. The molecule has 0 radical (unpaired) electrons. The van der Waals surface area contributed by atoms with E-state index in [4.69, 9.17) is 8.37 Å². The standard InChI is InChI=1S/C13H14N2O6S2/c16-22(17,20-12-6-1-3-8-14-12)10-5-11-23(18,19)21-13-7-2-4-9-15-13/h1-4,6-9H,5,10-11H2. The van der Waals surface area contributed by atoms with E-state index in [2.05, 4.69) is 9.97 Å². The molecule has 0 fully saturated rings. The highest BCUT2D eigenvalue weighted by Crippen LogP contribution is 2.11. The molecule has 0 aliphatic heterocycles. The van der Waals surface area contributed by atoms with Gasteiger partial charge in [0.05, 0.1) is 11.5 Å². The quantitative estimate of drug-likeness (QED) is 0.642. The van der Waals surface area contributed by atoms with Crippen molar-refractivity contribution in [3.63, 3.8) is 0 Å². The fourth-order valence-electron chi connectivity index (χ4n) is 1.55. The van der Waals surface area contributed by atoms with Crippen LogP contribution in [0.15, 0.2) is 48.8 Å². The minimum absolute atomic E-state index is 0.0694. The maximum absolute atomic E-state index is 11.7. The molecule has 0 spiro atoms. The molecule has 2 aromatic heterocycles. The van der Waals surface area contributed by atoms with Gasteiger partial charge in [-0.25, -0.2) is 9.97 Å². The summed E-state index contributed by atoms with van der Waals surface area (Å²) in [4.78, 5) is 7.45. The number of nitrogens with zero attached hydrogens (tertiary/aromatic N) is 2. The molecule has 0 bridgehead atoms. The average molecular weight is 358 g/mol. The zero-order valence-corrected chi connectivity index (χ0v) is 13.5. The van der Waals surface area contributed by atoms with Gasteiger partial charge >= 0.3 is 20.2 Å². The topological polar surface area (TPSA) is 113 Å². The zero-order valence-electron chi connectivity index (χ0n) is 11.9. The fraction of sp³-hybridized carbons (Fsp3) is 0.231. The molecule has 8 nitrogen and oxygen atoms in total. The van der Waals surface area contributed by atoms with E-state index in [0.717, 1.165) is 0 Å². The predicted molar refractivity (Wildman–Crippen MR) is 81.9 cm³/mol. The molecular weight excluding hydrogens is 344 g/mol.